The number of carbonyl (C=O) groups is 2. The van der Waals surface area contributed by atoms with E-state index >= 15 is 0 Å². The molecule has 0 aromatic heterocycles. The van der Waals surface area contributed by atoms with Gasteiger partial charge in [-0.25, -0.2) is 4.79 Å². The van der Waals surface area contributed by atoms with Crippen molar-refractivity contribution in [3.05, 3.63) is 35.4 Å². The first-order valence-corrected chi connectivity index (χ1v) is 6.00. The van der Waals surface area contributed by atoms with Gasteiger partial charge in [-0.15, -0.1) is 0 Å². The summed E-state index contributed by atoms with van der Waals surface area (Å²) in [6, 6.07) is 7.26. The summed E-state index contributed by atoms with van der Waals surface area (Å²) in [5.41, 5.74) is 1.46. The fraction of sp³-hybridized carbons (Fsp3) is 0.429. The van der Waals surface area contributed by atoms with Crippen LogP contribution in [0.1, 0.15) is 35.7 Å². The highest BCUT2D eigenvalue weighted by Gasteiger charge is 2.11. The Morgan fingerprint density at radius 1 is 1.22 bits per heavy atom. The fourth-order valence-corrected chi connectivity index (χ4v) is 1.70. The van der Waals surface area contributed by atoms with Crippen LogP contribution in [0, 0.1) is 0 Å². The summed E-state index contributed by atoms with van der Waals surface area (Å²) in [5.74, 6) is -0.546. The van der Waals surface area contributed by atoms with E-state index in [-0.39, 0.29) is 11.9 Å². The first-order chi connectivity index (χ1) is 8.69. The maximum atomic E-state index is 11.5. The molecule has 0 saturated heterocycles. The average molecular weight is 250 g/mol. The van der Waals surface area contributed by atoms with Gasteiger partial charge in [-0.3, -0.25) is 4.79 Å². The van der Waals surface area contributed by atoms with Crippen LogP contribution < -0.4 is 0 Å². The molecule has 0 aliphatic carbocycles. The monoisotopic (exact) mass is 250 g/mol. The van der Waals surface area contributed by atoms with Gasteiger partial charge < -0.3 is 9.47 Å². The Bertz CT molecular complexity index is 412. The summed E-state index contributed by atoms with van der Waals surface area (Å²) in [6.45, 7) is 2.18. The van der Waals surface area contributed by atoms with Crippen molar-refractivity contribution in [2.45, 2.75) is 26.2 Å². The molecule has 18 heavy (non-hydrogen) atoms. The number of hydrogen-bond donors (Lipinski definition) is 0. The quantitative estimate of drug-likeness (QED) is 0.727. The topological polar surface area (TPSA) is 52.6 Å². The third-order valence-corrected chi connectivity index (χ3v) is 2.56. The maximum absolute atomic E-state index is 11.5. The van der Waals surface area contributed by atoms with Crippen molar-refractivity contribution in [3.8, 4) is 0 Å². The summed E-state index contributed by atoms with van der Waals surface area (Å²) >= 11 is 0. The van der Waals surface area contributed by atoms with Gasteiger partial charge in [-0.05, 0) is 31.4 Å². The van der Waals surface area contributed by atoms with Crippen LogP contribution in [0.5, 0.6) is 0 Å². The Morgan fingerprint density at radius 2 is 1.94 bits per heavy atom. The van der Waals surface area contributed by atoms with Crippen LogP contribution in [-0.2, 0) is 20.7 Å². The van der Waals surface area contributed by atoms with Gasteiger partial charge in [-0.1, -0.05) is 18.2 Å². The molecule has 0 fully saturated rings. The van der Waals surface area contributed by atoms with Crippen LogP contribution in [0.15, 0.2) is 24.3 Å². The molecule has 1 aromatic rings. The number of rotatable bonds is 6. The lowest BCUT2D eigenvalue weighted by Crippen LogP contribution is -2.07. The van der Waals surface area contributed by atoms with Crippen molar-refractivity contribution in [3.63, 3.8) is 0 Å². The smallest absolute Gasteiger partial charge is 0.338 e. The normalized spacial score (nSPS) is 9.89. The number of hydrogen-bond acceptors (Lipinski definition) is 4. The molecule has 98 valence electrons. The van der Waals surface area contributed by atoms with E-state index in [0.717, 1.165) is 5.56 Å². The van der Waals surface area contributed by atoms with E-state index in [2.05, 4.69) is 0 Å². The van der Waals surface area contributed by atoms with Gasteiger partial charge in [0.05, 0.1) is 19.3 Å². The SMILES string of the molecule is CCOC(=O)CCCc1ccccc1C(=O)OC. The number of esters is 2. The molecule has 0 aliphatic rings. The van der Waals surface area contributed by atoms with E-state index in [9.17, 15) is 9.59 Å². The fourth-order valence-electron chi connectivity index (χ4n) is 1.70. The number of aryl methyl sites for hydroxylation is 1. The van der Waals surface area contributed by atoms with E-state index in [1.165, 1.54) is 7.11 Å². The third-order valence-electron chi connectivity index (χ3n) is 2.56. The zero-order valence-electron chi connectivity index (χ0n) is 10.8. The molecule has 0 heterocycles. The minimum absolute atomic E-state index is 0.201. The van der Waals surface area contributed by atoms with Gasteiger partial charge in [0.2, 0.25) is 0 Å². The van der Waals surface area contributed by atoms with Crippen LogP contribution in [0.2, 0.25) is 0 Å². The van der Waals surface area contributed by atoms with Gasteiger partial charge in [0.25, 0.3) is 0 Å². The molecule has 0 radical (unpaired) electrons. The lowest BCUT2D eigenvalue weighted by atomic mass is 10.0. The number of methoxy groups -OCH3 is 1. The van der Waals surface area contributed by atoms with Crippen molar-refractivity contribution in [1.29, 1.82) is 0 Å². The minimum atomic E-state index is -0.346. The molecule has 0 spiro atoms. The highest BCUT2D eigenvalue weighted by Crippen LogP contribution is 2.13. The zero-order chi connectivity index (χ0) is 13.4. The minimum Gasteiger partial charge on any atom is -0.466 e. The predicted octanol–water partition coefficient (Wildman–Crippen LogP) is 2.36. The molecule has 4 nitrogen and oxygen atoms in total. The molecule has 0 unspecified atom stereocenters. The molecule has 4 heteroatoms. The van der Waals surface area contributed by atoms with E-state index in [0.29, 0.717) is 31.4 Å². The van der Waals surface area contributed by atoms with E-state index < -0.39 is 0 Å². The van der Waals surface area contributed by atoms with Crippen LogP contribution in [-0.4, -0.2) is 25.7 Å². The van der Waals surface area contributed by atoms with Crippen molar-refractivity contribution in [2.75, 3.05) is 13.7 Å². The second kappa shape index (κ2) is 7.48. The first kappa shape index (κ1) is 14.2. The Kier molecular flexibility index (Phi) is 5.91. The van der Waals surface area contributed by atoms with Crippen LogP contribution >= 0.6 is 0 Å². The largest absolute Gasteiger partial charge is 0.466 e. The predicted molar refractivity (Wildman–Crippen MR) is 67.4 cm³/mol. The third kappa shape index (κ3) is 4.20. The summed E-state index contributed by atoms with van der Waals surface area (Å²) in [4.78, 5) is 22.7. The Labute approximate surface area is 107 Å². The Morgan fingerprint density at radius 3 is 2.61 bits per heavy atom. The molecule has 0 aliphatic heterocycles. The van der Waals surface area contributed by atoms with Crippen LogP contribution in [0.25, 0.3) is 0 Å². The lowest BCUT2D eigenvalue weighted by molar-refractivity contribution is -0.143. The van der Waals surface area contributed by atoms with Crippen molar-refractivity contribution in [2.24, 2.45) is 0 Å². The number of benzene rings is 1. The summed E-state index contributed by atoms with van der Waals surface area (Å²) in [5, 5.41) is 0. The van der Waals surface area contributed by atoms with E-state index in [4.69, 9.17) is 9.47 Å². The molecule has 0 atom stereocenters. The number of ether oxygens (including phenoxy) is 2. The molecule has 1 rings (SSSR count). The highest BCUT2D eigenvalue weighted by atomic mass is 16.5. The standard InChI is InChI=1S/C14H18O4/c1-3-18-13(15)10-6-8-11-7-4-5-9-12(11)14(16)17-2/h4-5,7,9H,3,6,8,10H2,1-2H3. The molecule has 0 bridgehead atoms. The molecule has 0 N–H and O–H groups in total. The van der Waals surface area contributed by atoms with Crippen molar-refractivity contribution >= 4 is 11.9 Å². The van der Waals surface area contributed by atoms with Gasteiger partial charge in [0.1, 0.15) is 0 Å². The maximum Gasteiger partial charge on any atom is 0.338 e. The highest BCUT2D eigenvalue weighted by molar-refractivity contribution is 5.91. The number of carbonyl (C=O) groups excluding carboxylic acids is 2. The summed E-state index contributed by atoms with van der Waals surface area (Å²) in [7, 11) is 1.36. The van der Waals surface area contributed by atoms with Crippen molar-refractivity contribution < 1.29 is 19.1 Å². The second-order valence-corrected chi connectivity index (χ2v) is 3.81. The molecular formula is C14H18O4. The van der Waals surface area contributed by atoms with E-state index in [1.807, 2.05) is 12.1 Å². The molecule has 1 aromatic carbocycles. The van der Waals surface area contributed by atoms with Crippen LogP contribution in [0.3, 0.4) is 0 Å². The second-order valence-electron chi connectivity index (χ2n) is 3.81. The average Bonchev–Trinajstić information content (AvgIpc) is 2.39. The molecular weight excluding hydrogens is 232 g/mol. The Hall–Kier alpha value is -1.84. The van der Waals surface area contributed by atoms with Gasteiger partial charge in [0, 0.05) is 6.42 Å². The van der Waals surface area contributed by atoms with E-state index in [1.54, 1.807) is 19.1 Å². The van der Waals surface area contributed by atoms with Gasteiger partial charge in [-0.2, -0.15) is 0 Å². The molecule has 0 amide bonds. The summed E-state index contributed by atoms with van der Waals surface area (Å²) < 4.78 is 9.56. The molecule has 0 saturated carbocycles. The Balaban J connectivity index is 2.57. The first-order valence-electron chi connectivity index (χ1n) is 6.00. The van der Waals surface area contributed by atoms with Crippen LogP contribution in [0.4, 0.5) is 0 Å². The summed E-state index contributed by atoms with van der Waals surface area (Å²) in [6.07, 6.45) is 1.68. The van der Waals surface area contributed by atoms with Gasteiger partial charge in [0.15, 0.2) is 0 Å². The zero-order valence-corrected chi connectivity index (χ0v) is 10.8. The van der Waals surface area contributed by atoms with Gasteiger partial charge >= 0.3 is 11.9 Å². The van der Waals surface area contributed by atoms with Crippen molar-refractivity contribution in [1.82, 2.24) is 0 Å². The lowest BCUT2D eigenvalue weighted by Gasteiger charge is -2.07.